The number of nitrogens with zero attached hydrogens (tertiary/aromatic N) is 2. The van der Waals surface area contributed by atoms with Crippen molar-refractivity contribution in [3.63, 3.8) is 0 Å². The minimum Gasteiger partial charge on any atom is -0.255 e. The second-order valence-electron chi connectivity index (χ2n) is 13.1. The molecule has 2 aromatic rings. The maximum Gasteiger partial charge on any atom is 0.0886 e. The van der Waals surface area contributed by atoms with E-state index in [-0.39, 0.29) is 15.1 Å². The summed E-state index contributed by atoms with van der Waals surface area (Å²) in [5.41, 5.74) is 6.56. The Hall–Kier alpha value is 0.363. The van der Waals surface area contributed by atoms with Gasteiger partial charge < -0.3 is 0 Å². The number of hydrogen-bond donors (Lipinski definition) is 0. The van der Waals surface area contributed by atoms with Gasteiger partial charge in [-0.2, -0.15) is 0 Å². The van der Waals surface area contributed by atoms with E-state index in [1.807, 2.05) is 36.4 Å². The predicted molar refractivity (Wildman–Crippen MR) is 190 cm³/mol. The van der Waals surface area contributed by atoms with Gasteiger partial charge in [-0.1, -0.05) is 105 Å². The SMILES string of the molecule is C1CCC(P(CCP(C2CCCCC2)C2CCCCC2)C2CCCCC2)CC1.[Cl][Ru][Cl].c1ccc(-c2ccccn2)nc1. The Kier molecular flexibility index (Phi) is 18.5. The van der Waals surface area contributed by atoms with Crippen LogP contribution >= 0.6 is 35.2 Å². The molecular formula is C36H56Cl2N2P2Ru. The van der Waals surface area contributed by atoms with Crippen molar-refractivity contribution < 1.29 is 15.1 Å². The molecule has 4 aliphatic rings. The summed E-state index contributed by atoms with van der Waals surface area (Å²) < 4.78 is 0. The first kappa shape index (κ1) is 36.2. The quantitative estimate of drug-likeness (QED) is 0.198. The van der Waals surface area contributed by atoms with Crippen molar-refractivity contribution in [2.45, 2.75) is 151 Å². The van der Waals surface area contributed by atoms with E-state index in [1.165, 1.54) is 22.6 Å². The number of rotatable bonds is 8. The van der Waals surface area contributed by atoms with E-state index in [4.69, 9.17) is 19.4 Å². The summed E-state index contributed by atoms with van der Waals surface area (Å²) in [6.45, 7) is 0. The fourth-order valence-electron chi connectivity index (χ4n) is 8.24. The van der Waals surface area contributed by atoms with Gasteiger partial charge in [-0.15, -0.1) is 0 Å². The maximum atomic E-state index is 4.85. The van der Waals surface area contributed by atoms with Crippen LogP contribution in [0, 0.1) is 0 Å². The summed E-state index contributed by atoms with van der Waals surface area (Å²) >= 11 is -0.346. The van der Waals surface area contributed by atoms with Gasteiger partial charge in [-0.25, -0.2) is 0 Å². The third-order valence-electron chi connectivity index (χ3n) is 10.4. The third kappa shape index (κ3) is 12.8. The molecule has 0 spiro atoms. The zero-order chi connectivity index (χ0) is 30.0. The van der Waals surface area contributed by atoms with E-state index in [0.29, 0.717) is 15.8 Å². The second-order valence-corrected chi connectivity index (χ2v) is 21.6. The minimum atomic E-state index is -0.346. The molecule has 0 radical (unpaired) electrons. The van der Waals surface area contributed by atoms with Crippen LogP contribution in [-0.4, -0.2) is 44.9 Å². The van der Waals surface area contributed by atoms with E-state index in [0.717, 1.165) is 11.4 Å². The molecule has 0 saturated heterocycles. The molecule has 6 rings (SSSR count). The average Bonchev–Trinajstić information content (AvgIpc) is 3.10. The molecule has 2 nitrogen and oxygen atoms in total. The van der Waals surface area contributed by atoms with Crippen LogP contribution in [0.2, 0.25) is 0 Å². The molecule has 0 aliphatic heterocycles. The molecule has 0 N–H and O–H groups in total. The van der Waals surface area contributed by atoms with Gasteiger partial charge in [0.15, 0.2) is 0 Å². The van der Waals surface area contributed by atoms with Crippen molar-refractivity contribution in [3.05, 3.63) is 48.8 Å². The Bertz CT molecular complexity index is 835. The van der Waals surface area contributed by atoms with Crippen molar-refractivity contribution in [2.75, 3.05) is 12.3 Å². The molecule has 0 atom stereocenters. The first-order chi connectivity index (χ1) is 21.3. The first-order valence-electron chi connectivity index (χ1n) is 17.5. The molecule has 0 amide bonds. The van der Waals surface area contributed by atoms with Crippen molar-refractivity contribution in [1.29, 1.82) is 0 Å². The molecule has 0 unspecified atom stereocenters. The molecule has 7 heteroatoms. The van der Waals surface area contributed by atoms with Crippen LogP contribution in [0.1, 0.15) is 128 Å². The second kappa shape index (κ2) is 22.0. The average molecular weight is 751 g/mol. The Morgan fingerprint density at radius 1 is 0.488 bits per heavy atom. The molecule has 0 aromatic carbocycles. The van der Waals surface area contributed by atoms with E-state index >= 15 is 0 Å². The largest absolute Gasteiger partial charge is 0.255 e. The smallest absolute Gasteiger partial charge is 0.0886 e. The monoisotopic (exact) mass is 750 g/mol. The molecule has 2 aromatic heterocycles. The minimum absolute atomic E-state index is 0.345. The van der Waals surface area contributed by atoms with Gasteiger partial charge in [0.05, 0.1) is 11.4 Å². The number of halogens is 2. The Morgan fingerprint density at radius 2 is 0.767 bits per heavy atom. The zero-order valence-corrected chi connectivity index (χ0v) is 31.4. The van der Waals surface area contributed by atoms with Crippen LogP contribution in [0.5, 0.6) is 0 Å². The van der Waals surface area contributed by atoms with E-state index < -0.39 is 0 Å². The molecular weight excluding hydrogens is 694 g/mol. The molecule has 0 bridgehead atoms. The van der Waals surface area contributed by atoms with Gasteiger partial charge in [0.1, 0.15) is 0 Å². The van der Waals surface area contributed by atoms with Crippen LogP contribution in [-0.2, 0) is 15.1 Å². The summed E-state index contributed by atoms with van der Waals surface area (Å²) in [6, 6.07) is 11.6. The van der Waals surface area contributed by atoms with Crippen LogP contribution in [0.3, 0.4) is 0 Å². The fraction of sp³-hybridized carbons (Fsp3) is 0.722. The standard InChI is InChI=1S/C26H48P2.C10H8N2.2ClH.Ru/c1-5-13-23(14-6-1)27(24-15-7-2-8-16-24)21-22-28(25-17-9-3-10-18-25)26-19-11-4-12-20-26;1-3-7-11-9(5-1)10-6-2-4-8-12-10;;;/h23-26H,1-22H2;1-8H;2*1H;/q;;;;+2/p-2. The van der Waals surface area contributed by atoms with Crippen molar-refractivity contribution in [2.24, 2.45) is 0 Å². The molecule has 4 fully saturated rings. The Morgan fingerprint density at radius 3 is 1.00 bits per heavy atom. The number of hydrogen-bond acceptors (Lipinski definition) is 2. The third-order valence-corrected chi connectivity index (χ3v) is 18.0. The van der Waals surface area contributed by atoms with Crippen molar-refractivity contribution in [1.82, 2.24) is 9.97 Å². The summed E-state index contributed by atoms with van der Waals surface area (Å²) in [7, 11) is 10.4. The molecule has 2 heterocycles. The Labute approximate surface area is 282 Å². The van der Waals surface area contributed by atoms with Gasteiger partial charge in [0.2, 0.25) is 0 Å². The maximum absolute atomic E-state index is 4.85. The van der Waals surface area contributed by atoms with E-state index in [2.05, 4.69) is 9.97 Å². The van der Waals surface area contributed by atoms with Gasteiger partial charge in [0.25, 0.3) is 0 Å². The fourth-order valence-corrected chi connectivity index (χ4v) is 16.9. The molecule has 242 valence electrons. The summed E-state index contributed by atoms with van der Waals surface area (Å²) in [5.74, 6) is 0. The van der Waals surface area contributed by atoms with Gasteiger partial charge in [-0.3, -0.25) is 9.97 Å². The summed E-state index contributed by atoms with van der Waals surface area (Å²) in [5, 5.41) is 0. The molecule has 4 saturated carbocycles. The first-order valence-corrected chi connectivity index (χ1v) is 25.3. The van der Waals surface area contributed by atoms with Gasteiger partial charge >= 0.3 is 34.5 Å². The van der Waals surface area contributed by atoms with Crippen molar-refractivity contribution in [3.8, 4) is 11.4 Å². The van der Waals surface area contributed by atoms with Crippen LogP contribution in [0.25, 0.3) is 11.4 Å². The van der Waals surface area contributed by atoms with Gasteiger partial charge in [-0.05, 0) is 111 Å². The number of aromatic nitrogens is 2. The zero-order valence-electron chi connectivity index (χ0n) is 26.4. The van der Waals surface area contributed by atoms with Gasteiger partial charge in [0, 0.05) is 12.4 Å². The van der Waals surface area contributed by atoms with Crippen molar-refractivity contribution >= 4 is 35.2 Å². The predicted octanol–water partition coefficient (Wildman–Crippen LogP) is 12.8. The van der Waals surface area contributed by atoms with E-state index in [1.54, 1.807) is 153 Å². The topological polar surface area (TPSA) is 25.8 Å². The summed E-state index contributed by atoms with van der Waals surface area (Å²) in [6.07, 6.45) is 38.6. The van der Waals surface area contributed by atoms with E-state index in [9.17, 15) is 0 Å². The number of pyridine rings is 2. The Balaban J connectivity index is 0.000000233. The summed E-state index contributed by atoms with van der Waals surface area (Å²) in [4.78, 5) is 8.37. The van der Waals surface area contributed by atoms with Crippen LogP contribution in [0.15, 0.2) is 48.8 Å². The van der Waals surface area contributed by atoms with Crippen LogP contribution in [0.4, 0.5) is 0 Å². The molecule has 4 aliphatic carbocycles. The van der Waals surface area contributed by atoms with Crippen LogP contribution < -0.4 is 0 Å². The normalized spacial score (nSPS) is 21.2. The molecule has 43 heavy (non-hydrogen) atoms.